The SMILES string of the molecule is NN=C(C=Nc1ccc(C(=O)N2CCC3(CC2)COC3)cc1)c1cc2cc(Cl)ccc2[nH]c1=O. The molecule has 0 saturated carbocycles. The highest BCUT2D eigenvalue weighted by Gasteiger charge is 2.42. The van der Waals surface area contributed by atoms with E-state index in [-0.39, 0.29) is 28.2 Å². The average Bonchev–Trinajstić information content (AvgIpc) is 2.84. The second kappa shape index (κ2) is 9.04. The van der Waals surface area contributed by atoms with Crippen molar-refractivity contribution in [3.05, 3.63) is 75.0 Å². The molecule has 2 fully saturated rings. The maximum atomic E-state index is 12.9. The van der Waals surface area contributed by atoms with Crippen molar-refractivity contribution in [1.29, 1.82) is 0 Å². The summed E-state index contributed by atoms with van der Waals surface area (Å²) in [4.78, 5) is 34.5. The lowest BCUT2D eigenvalue weighted by Gasteiger charge is -2.47. The van der Waals surface area contributed by atoms with Gasteiger partial charge in [-0.05, 0) is 61.4 Å². The van der Waals surface area contributed by atoms with Crippen LogP contribution in [0.4, 0.5) is 5.69 Å². The number of carbonyl (C=O) groups excluding carboxylic acids is 1. The number of likely N-dealkylation sites (tertiary alicyclic amines) is 1. The summed E-state index contributed by atoms with van der Waals surface area (Å²) in [5.74, 6) is 5.58. The third kappa shape index (κ3) is 4.34. The summed E-state index contributed by atoms with van der Waals surface area (Å²) in [5, 5.41) is 5.05. The van der Waals surface area contributed by atoms with E-state index in [2.05, 4.69) is 15.1 Å². The number of hydrogen-bond donors (Lipinski definition) is 2. The molecule has 2 aliphatic heterocycles. The van der Waals surface area contributed by atoms with E-state index in [1.807, 2.05) is 4.90 Å². The molecule has 1 spiro atoms. The number of pyridine rings is 1. The maximum absolute atomic E-state index is 12.9. The molecular weight excluding hydrogens is 454 g/mol. The van der Waals surface area contributed by atoms with E-state index < -0.39 is 0 Å². The first-order chi connectivity index (χ1) is 16.5. The van der Waals surface area contributed by atoms with Crippen LogP contribution in [0.25, 0.3) is 10.9 Å². The summed E-state index contributed by atoms with van der Waals surface area (Å²) in [5.41, 5.74) is 2.37. The van der Waals surface area contributed by atoms with Crippen molar-refractivity contribution in [1.82, 2.24) is 9.88 Å². The van der Waals surface area contributed by atoms with Gasteiger partial charge in [0, 0.05) is 40.0 Å². The molecular formula is C25H24ClN5O3. The fourth-order valence-corrected chi connectivity index (χ4v) is 4.59. The van der Waals surface area contributed by atoms with Crippen molar-refractivity contribution in [3.63, 3.8) is 0 Å². The summed E-state index contributed by atoms with van der Waals surface area (Å²) in [6.45, 7) is 3.14. The summed E-state index contributed by atoms with van der Waals surface area (Å²) in [7, 11) is 0. The van der Waals surface area contributed by atoms with E-state index in [1.165, 1.54) is 6.21 Å². The standard InChI is InChI=1S/C25H24ClN5O3/c26-18-3-6-21-17(11-18)12-20(23(32)29-21)22(30-27)13-28-19-4-1-16(2-5-19)24(33)31-9-7-25(8-10-31)14-34-15-25/h1-6,11-13H,7-10,14-15,27H2,(H,29,32). The molecule has 2 aliphatic rings. The van der Waals surface area contributed by atoms with Crippen LogP contribution in [0.3, 0.4) is 0 Å². The minimum atomic E-state index is -0.330. The number of rotatable bonds is 4. The van der Waals surface area contributed by atoms with Gasteiger partial charge in [0.1, 0.15) is 5.71 Å². The zero-order valence-corrected chi connectivity index (χ0v) is 19.2. The fourth-order valence-electron chi connectivity index (χ4n) is 4.41. The minimum Gasteiger partial charge on any atom is -0.380 e. The smallest absolute Gasteiger partial charge is 0.258 e. The lowest BCUT2D eigenvalue weighted by atomic mass is 9.77. The van der Waals surface area contributed by atoms with Gasteiger partial charge < -0.3 is 20.5 Å². The lowest BCUT2D eigenvalue weighted by Crippen LogP contribution is -2.52. The number of carbonyl (C=O) groups is 1. The number of amides is 1. The first kappa shape index (κ1) is 22.3. The number of halogens is 1. The van der Waals surface area contributed by atoms with Gasteiger partial charge in [-0.3, -0.25) is 14.6 Å². The van der Waals surface area contributed by atoms with Crippen molar-refractivity contribution in [2.75, 3.05) is 26.3 Å². The molecule has 3 heterocycles. The largest absolute Gasteiger partial charge is 0.380 e. The molecule has 5 rings (SSSR count). The molecule has 8 nitrogen and oxygen atoms in total. The van der Waals surface area contributed by atoms with Gasteiger partial charge in [0.15, 0.2) is 0 Å². The summed E-state index contributed by atoms with van der Waals surface area (Å²) in [6.07, 6.45) is 3.41. The molecule has 2 saturated heterocycles. The van der Waals surface area contributed by atoms with Gasteiger partial charge in [0.05, 0.1) is 30.7 Å². The molecule has 1 amide bonds. The topological polar surface area (TPSA) is 113 Å². The second-order valence-electron chi connectivity index (χ2n) is 8.85. The number of nitrogens with one attached hydrogen (secondary N) is 1. The molecule has 0 bridgehead atoms. The second-order valence-corrected chi connectivity index (χ2v) is 9.28. The number of hydrazone groups is 1. The van der Waals surface area contributed by atoms with E-state index in [4.69, 9.17) is 22.2 Å². The monoisotopic (exact) mass is 477 g/mol. The zero-order valence-electron chi connectivity index (χ0n) is 18.5. The number of ether oxygens (including phenoxy) is 1. The maximum Gasteiger partial charge on any atom is 0.258 e. The van der Waals surface area contributed by atoms with Gasteiger partial charge in [0.2, 0.25) is 0 Å². The van der Waals surface area contributed by atoms with E-state index in [1.54, 1.807) is 48.5 Å². The minimum absolute atomic E-state index is 0.0242. The van der Waals surface area contributed by atoms with E-state index in [0.717, 1.165) is 44.5 Å². The molecule has 1 aromatic heterocycles. The van der Waals surface area contributed by atoms with Crippen LogP contribution < -0.4 is 11.4 Å². The Bertz CT molecular complexity index is 1350. The number of benzene rings is 2. The normalized spacial score (nSPS) is 17.9. The predicted molar refractivity (Wildman–Crippen MR) is 133 cm³/mol. The Hall–Kier alpha value is -3.49. The highest BCUT2D eigenvalue weighted by molar-refractivity contribution is 6.38. The Kier molecular flexibility index (Phi) is 5.93. The molecule has 0 unspecified atom stereocenters. The van der Waals surface area contributed by atoms with Crippen LogP contribution in [-0.4, -0.2) is 54.0 Å². The number of aromatic nitrogens is 1. The van der Waals surface area contributed by atoms with Crippen LogP contribution in [0.15, 0.2) is 63.4 Å². The predicted octanol–water partition coefficient (Wildman–Crippen LogP) is 3.50. The Morgan fingerprint density at radius 2 is 1.85 bits per heavy atom. The first-order valence-corrected chi connectivity index (χ1v) is 11.5. The highest BCUT2D eigenvalue weighted by atomic mass is 35.5. The molecule has 34 heavy (non-hydrogen) atoms. The van der Waals surface area contributed by atoms with Crippen LogP contribution in [0.5, 0.6) is 0 Å². The molecule has 0 atom stereocenters. The third-order valence-corrected chi connectivity index (χ3v) is 6.83. The van der Waals surface area contributed by atoms with Crippen molar-refractivity contribution in [2.45, 2.75) is 12.8 Å². The Labute approximate surface area is 201 Å². The Morgan fingerprint density at radius 3 is 2.50 bits per heavy atom. The first-order valence-electron chi connectivity index (χ1n) is 11.1. The fraction of sp³-hybridized carbons (Fsp3) is 0.280. The van der Waals surface area contributed by atoms with Crippen molar-refractivity contribution >= 4 is 46.0 Å². The molecule has 2 aromatic carbocycles. The molecule has 0 radical (unpaired) electrons. The third-order valence-electron chi connectivity index (χ3n) is 6.60. The number of H-pyrrole nitrogens is 1. The number of fused-ring (bicyclic) bond motifs is 1. The number of aliphatic imine (C=N–C) groups is 1. The summed E-state index contributed by atoms with van der Waals surface area (Å²) in [6, 6.07) is 13.9. The van der Waals surface area contributed by atoms with Crippen molar-refractivity contribution in [3.8, 4) is 0 Å². The number of nitrogens with zero attached hydrogens (tertiary/aromatic N) is 3. The van der Waals surface area contributed by atoms with Crippen LogP contribution in [-0.2, 0) is 4.74 Å². The highest BCUT2D eigenvalue weighted by Crippen LogP contribution is 2.38. The van der Waals surface area contributed by atoms with Gasteiger partial charge in [-0.15, -0.1) is 0 Å². The van der Waals surface area contributed by atoms with Crippen LogP contribution in [0.1, 0.15) is 28.8 Å². The van der Waals surface area contributed by atoms with Gasteiger partial charge in [-0.2, -0.15) is 5.10 Å². The van der Waals surface area contributed by atoms with Gasteiger partial charge in [0.25, 0.3) is 11.5 Å². The Balaban J connectivity index is 1.29. The van der Waals surface area contributed by atoms with Gasteiger partial charge in [-0.25, -0.2) is 0 Å². The Morgan fingerprint density at radius 1 is 1.12 bits per heavy atom. The summed E-state index contributed by atoms with van der Waals surface area (Å²) >= 11 is 6.07. The van der Waals surface area contributed by atoms with Crippen LogP contribution in [0, 0.1) is 5.41 Å². The molecule has 0 aliphatic carbocycles. The molecule has 9 heteroatoms. The number of piperidine rings is 1. The van der Waals surface area contributed by atoms with Gasteiger partial charge >= 0.3 is 0 Å². The zero-order chi connectivity index (χ0) is 23.7. The number of hydrogen-bond acceptors (Lipinski definition) is 6. The van der Waals surface area contributed by atoms with E-state index >= 15 is 0 Å². The van der Waals surface area contributed by atoms with E-state index in [9.17, 15) is 9.59 Å². The number of nitrogens with two attached hydrogens (primary N) is 1. The lowest BCUT2D eigenvalue weighted by molar-refractivity contribution is -0.136. The van der Waals surface area contributed by atoms with Crippen molar-refractivity contribution in [2.24, 2.45) is 21.4 Å². The number of aromatic amines is 1. The van der Waals surface area contributed by atoms with Crippen molar-refractivity contribution < 1.29 is 9.53 Å². The van der Waals surface area contributed by atoms with Crippen LogP contribution >= 0.6 is 11.6 Å². The van der Waals surface area contributed by atoms with E-state index in [0.29, 0.717) is 21.8 Å². The molecule has 3 aromatic rings. The molecule has 174 valence electrons. The quantitative estimate of drug-likeness (QED) is 0.340. The van der Waals surface area contributed by atoms with Crippen LogP contribution in [0.2, 0.25) is 5.02 Å². The van der Waals surface area contributed by atoms with Gasteiger partial charge in [-0.1, -0.05) is 11.6 Å². The average molecular weight is 478 g/mol. The summed E-state index contributed by atoms with van der Waals surface area (Å²) < 4.78 is 5.36. The molecule has 3 N–H and O–H groups in total.